The van der Waals surface area contributed by atoms with E-state index in [9.17, 15) is 31.5 Å². The molecule has 8 nitrogen and oxygen atoms in total. The first-order valence-electron chi connectivity index (χ1n) is 12.8. The number of carbonyl (C=O) groups excluding carboxylic acids is 1. The van der Waals surface area contributed by atoms with Crippen molar-refractivity contribution in [3.05, 3.63) is 89.0 Å². The van der Waals surface area contributed by atoms with Gasteiger partial charge in [0.25, 0.3) is 0 Å². The summed E-state index contributed by atoms with van der Waals surface area (Å²) in [5.41, 5.74) is 0.871. The number of alkyl halides is 3. The summed E-state index contributed by atoms with van der Waals surface area (Å²) in [4.78, 5) is 13.7. The molecule has 0 radical (unpaired) electrons. The molecule has 4 rings (SSSR count). The minimum Gasteiger partial charge on any atom is -0.508 e. The van der Waals surface area contributed by atoms with E-state index in [1.165, 1.54) is 31.3 Å². The Morgan fingerprint density at radius 3 is 2.19 bits per heavy atom. The summed E-state index contributed by atoms with van der Waals surface area (Å²) in [5.74, 6) is 0.726. The Hall–Kier alpha value is -4.29. The third-order valence-electron chi connectivity index (χ3n) is 6.70. The van der Waals surface area contributed by atoms with Crippen molar-refractivity contribution in [3.8, 4) is 17.2 Å². The first-order valence-corrected chi connectivity index (χ1v) is 14.2. The van der Waals surface area contributed by atoms with Gasteiger partial charge in [-0.1, -0.05) is 36.4 Å². The summed E-state index contributed by atoms with van der Waals surface area (Å²) in [6, 6.07) is 14.1. The molecule has 3 aromatic rings. The number of ether oxygens (including phenoxy) is 2. The highest BCUT2D eigenvalue weighted by molar-refractivity contribution is 7.89. The topological polar surface area (TPSA) is 96.4 Å². The number of sulfonamides is 1. The zero-order valence-corrected chi connectivity index (χ0v) is 23.7. The number of methoxy groups -OCH3 is 2. The summed E-state index contributed by atoms with van der Waals surface area (Å²) >= 11 is 0. The Balaban J connectivity index is 1.51. The fraction of sp³-hybridized carbons (Fsp3) is 0.233. The predicted octanol–water partition coefficient (Wildman–Crippen LogP) is 5.14. The first kappa shape index (κ1) is 30.7. The number of hydrogen-bond acceptors (Lipinski definition) is 6. The molecule has 0 saturated carbocycles. The molecule has 1 fully saturated rings. The molecule has 1 N–H and O–H groups in total. The lowest BCUT2D eigenvalue weighted by molar-refractivity contribution is -0.139. The van der Waals surface area contributed by atoms with Crippen LogP contribution in [-0.2, 0) is 21.0 Å². The van der Waals surface area contributed by atoms with Crippen LogP contribution >= 0.6 is 0 Å². The number of amides is 1. The van der Waals surface area contributed by atoms with E-state index in [0.29, 0.717) is 22.6 Å². The molecule has 1 aliphatic rings. The predicted molar refractivity (Wildman–Crippen MR) is 152 cm³/mol. The highest BCUT2D eigenvalue weighted by Gasteiger charge is 2.39. The van der Waals surface area contributed by atoms with Crippen molar-refractivity contribution in [2.45, 2.75) is 11.1 Å². The van der Waals surface area contributed by atoms with Crippen LogP contribution in [0.5, 0.6) is 17.2 Å². The number of halogens is 3. The van der Waals surface area contributed by atoms with Crippen LogP contribution in [-0.4, -0.2) is 69.0 Å². The maximum absolute atomic E-state index is 13.4. The third kappa shape index (κ3) is 6.94. The second-order valence-corrected chi connectivity index (χ2v) is 11.2. The van der Waals surface area contributed by atoms with Crippen LogP contribution in [0, 0.1) is 0 Å². The van der Waals surface area contributed by atoms with Crippen LogP contribution in [0.25, 0.3) is 18.2 Å². The number of aromatic hydroxyl groups is 1. The van der Waals surface area contributed by atoms with Crippen LogP contribution in [0.15, 0.2) is 71.6 Å². The monoisotopic (exact) mass is 602 g/mol. The van der Waals surface area contributed by atoms with Gasteiger partial charge in [-0.3, -0.25) is 4.79 Å². The van der Waals surface area contributed by atoms with Gasteiger partial charge < -0.3 is 19.5 Å². The van der Waals surface area contributed by atoms with E-state index < -0.39 is 32.6 Å². The van der Waals surface area contributed by atoms with Gasteiger partial charge in [0.15, 0.2) is 0 Å². The van der Waals surface area contributed by atoms with Crippen LogP contribution in [0.2, 0.25) is 0 Å². The third-order valence-corrected chi connectivity index (χ3v) is 8.66. The molecular formula is C30H29F3N2O6S. The molecule has 0 spiro atoms. The van der Waals surface area contributed by atoms with Gasteiger partial charge in [0, 0.05) is 43.9 Å². The fourth-order valence-electron chi connectivity index (χ4n) is 4.47. The molecule has 0 unspecified atom stereocenters. The highest BCUT2D eigenvalue weighted by Crippen LogP contribution is 2.35. The second-order valence-electron chi connectivity index (χ2n) is 9.31. The number of benzene rings is 3. The van der Waals surface area contributed by atoms with Crippen LogP contribution in [0.4, 0.5) is 13.2 Å². The van der Waals surface area contributed by atoms with E-state index >= 15 is 0 Å². The lowest BCUT2D eigenvalue weighted by atomic mass is 10.0. The summed E-state index contributed by atoms with van der Waals surface area (Å²) in [6.07, 6.45) is 1.73. The Kier molecular flexibility index (Phi) is 9.27. The zero-order chi connectivity index (χ0) is 30.5. The quantitative estimate of drug-likeness (QED) is 0.283. The molecule has 12 heteroatoms. The fourth-order valence-corrected chi connectivity index (χ4v) is 6.10. The molecule has 1 amide bonds. The van der Waals surface area contributed by atoms with Gasteiger partial charge in [0.2, 0.25) is 15.9 Å². The summed E-state index contributed by atoms with van der Waals surface area (Å²) in [5, 5.41) is 9.52. The van der Waals surface area contributed by atoms with Gasteiger partial charge in [-0.2, -0.15) is 17.5 Å². The smallest absolute Gasteiger partial charge is 0.417 e. The van der Waals surface area contributed by atoms with Crippen LogP contribution < -0.4 is 9.47 Å². The van der Waals surface area contributed by atoms with E-state index in [1.54, 1.807) is 42.5 Å². The largest absolute Gasteiger partial charge is 0.508 e. The molecule has 1 aliphatic heterocycles. The molecule has 0 bridgehead atoms. The number of carbonyl (C=O) groups is 1. The van der Waals surface area contributed by atoms with Gasteiger partial charge in [0.05, 0.1) is 24.7 Å². The van der Waals surface area contributed by atoms with Crippen molar-refractivity contribution >= 4 is 34.2 Å². The minimum absolute atomic E-state index is 0.00392. The van der Waals surface area contributed by atoms with Crippen LogP contribution in [0.3, 0.4) is 0 Å². The number of phenols is 1. The number of hydrogen-bond donors (Lipinski definition) is 1. The van der Waals surface area contributed by atoms with Gasteiger partial charge in [-0.25, -0.2) is 8.42 Å². The van der Waals surface area contributed by atoms with E-state index in [1.807, 2.05) is 12.2 Å². The Morgan fingerprint density at radius 1 is 0.905 bits per heavy atom. The highest BCUT2D eigenvalue weighted by atomic mass is 32.2. The van der Waals surface area contributed by atoms with E-state index in [-0.39, 0.29) is 31.9 Å². The lowest BCUT2D eigenvalue weighted by Gasteiger charge is -2.34. The van der Waals surface area contributed by atoms with Crippen LogP contribution in [0.1, 0.15) is 22.3 Å². The van der Waals surface area contributed by atoms with E-state index in [2.05, 4.69) is 0 Å². The molecule has 42 heavy (non-hydrogen) atoms. The van der Waals surface area contributed by atoms with Crippen molar-refractivity contribution in [1.29, 1.82) is 0 Å². The van der Waals surface area contributed by atoms with Crippen molar-refractivity contribution in [1.82, 2.24) is 9.21 Å². The molecule has 3 aromatic carbocycles. The minimum atomic E-state index is -4.83. The number of rotatable bonds is 8. The molecule has 222 valence electrons. The Bertz CT molecular complexity index is 1590. The molecule has 0 aromatic heterocycles. The SMILES string of the molecule is COc1cc(C=Cc2ccc(O)cc2)c(C=CC(=O)N2CCN(S(=O)(=O)c3ccccc3C(F)(F)F)CC2)c(OC)c1. The van der Waals surface area contributed by atoms with Crippen molar-refractivity contribution in [2.24, 2.45) is 0 Å². The van der Waals surface area contributed by atoms with Crippen molar-refractivity contribution in [2.75, 3.05) is 40.4 Å². The average molecular weight is 603 g/mol. The Labute approximate surface area is 241 Å². The standard InChI is InChI=1S/C30H29F3N2O6S/c1-40-24-19-22(10-7-21-8-11-23(36)12-9-21)25(27(20-24)41-2)13-14-29(37)34-15-17-35(18-16-34)42(38,39)28-6-4-3-5-26(28)30(31,32)33/h3-14,19-20,36H,15-18H2,1-2H3. The number of phenolic OH excluding ortho intramolecular Hbond substituents is 1. The summed E-state index contributed by atoms with van der Waals surface area (Å²) in [7, 11) is -1.42. The molecule has 1 heterocycles. The van der Waals surface area contributed by atoms with Crippen molar-refractivity contribution < 1.29 is 41.0 Å². The average Bonchev–Trinajstić information content (AvgIpc) is 2.99. The lowest BCUT2D eigenvalue weighted by Crippen LogP contribution is -2.50. The maximum atomic E-state index is 13.4. The first-order chi connectivity index (χ1) is 19.9. The van der Waals surface area contributed by atoms with E-state index in [4.69, 9.17) is 9.47 Å². The summed E-state index contributed by atoms with van der Waals surface area (Å²) in [6.45, 7) is -0.297. The van der Waals surface area contributed by atoms with Gasteiger partial charge in [0.1, 0.15) is 17.2 Å². The molecule has 0 aliphatic carbocycles. The van der Waals surface area contributed by atoms with Gasteiger partial charge in [-0.05, 0) is 47.5 Å². The molecule has 0 atom stereocenters. The number of nitrogens with zero attached hydrogens (tertiary/aromatic N) is 2. The summed E-state index contributed by atoms with van der Waals surface area (Å²) < 4.78 is 78.3. The molecule has 1 saturated heterocycles. The maximum Gasteiger partial charge on any atom is 0.417 e. The molecular weight excluding hydrogens is 573 g/mol. The van der Waals surface area contributed by atoms with Crippen molar-refractivity contribution in [3.63, 3.8) is 0 Å². The van der Waals surface area contributed by atoms with Gasteiger partial charge >= 0.3 is 6.18 Å². The number of piperazine rings is 1. The van der Waals surface area contributed by atoms with E-state index in [0.717, 1.165) is 28.1 Å². The second kappa shape index (κ2) is 12.7. The normalized spacial score (nSPS) is 14.9. The Morgan fingerprint density at radius 2 is 1.57 bits per heavy atom. The van der Waals surface area contributed by atoms with Gasteiger partial charge in [-0.15, -0.1) is 0 Å². The zero-order valence-electron chi connectivity index (χ0n) is 22.8.